The van der Waals surface area contributed by atoms with Gasteiger partial charge in [0.25, 0.3) is 0 Å². The highest BCUT2D eigenvalue weighted by molar-refractivity contribution is 8.03. The Bertz CT molecular complexity index is 1320. The fraction of sp³-hybridized carbons (Fsp3) is 0.333. The van der Waals surface area contributed by atoms with Crippen LogP contribution < -0.4 is 15.4 Å². The quantitative estimate of drug-likeness (QED) is 0.304. The minimum absolute atomic E-state index is 0.0826. The molecule has 0 saturated carbocycles. The molecule has 0 fully saturated rings. The first-order valence-corrected chi connectivity index (χ1v) is 13.6. The van der Waals surface area contributed by atoms with E-state index in [9.17, 15) is 19.6 Å². The van der Waals surface area contributed by atoms with E-state index in [1.807, 2.05) is 32.0 Å². The van der Waals surface area contributed by atoms with Gasteiger partial charge in [-0.3, -0.25) is 14.4 Å². The van der Waals surface area contributed by atoms with Crippen LogP contribution in [0.1, 0.15) is 36.5 Å². The predicted molar refractivity (Wildman–Crippen MR) is 148 cm³/mol. The van der Waals surface area contributed by atoms with Crippen molar-refractivity contribution in [2.45, 2.75) is 33.1 Å². The molecule has 0 bridgehead atoms. The third-order valence-electron chi connectivity index (χ3n) is 6.00. The highest BCUT2D eigenvalue weighted by Gasteiger charge is 2.44. The normalized spacial score (nSPS) is 16.9. The van der Waals surface area contributed by atoms with Gasteiger partial charge in [0.05, 0.1) is 46.2 Å². The molecule has 0 aliphatic carbocycles. The second-order valence-corrected chi connectivity index (χ2v) is 10.2. The van der Waals surface area contributed by atoms with Crippen molar-refractivity contribution in [1.29, 1.82) is 5.26 Å². The van der Waals surface area contributed by atoms with Crippen LogP contribution >= 0.6 is 35.0 Å². The molecule has 2 aromatic carbocycles. The largest absolute Gasteiger partial charge is 0.491 e. The van der Waals surface area contributed by atoms with E-state index in [1.165, 1.54) is 12.1 Å². The van der Waals surface area contributed by atoms with Crippen LogP contribution in [0.25, 0.3) is 0 Å². The third kappa shape index (κ3) is 6.26. The molecular formula is C27H27Cl2N3O5S. The standard InChI is InChI=1S/C27H27Cl2N3O5S/c1-5-15-9-7-8-14(3)23(15)31-20(33)13-38-26-17(12-30)21(22(25(34)32-26)27(35)36-4)16-10-18(28)24(37-6-2)19(29)11-16/h7-11,21-22H,5-6,13H2,1-4H3,(H,31,33)(H,32,34)/t21-,22-/m1/s1. The first-order chi connectivity index (χ1) is 18.2. The fourth-order valence-corrected chi connectivity index (χ4v) is 5.70. The monoisotopic (exact) mass is 575 g/mol. The summed E-state index contributed by atoms with van der Waals surface area (Å²) in [5, 5.41) is 16.1. The van der Waals surface area contributed by atoms with Gasteiger partial charge < -0.3 is 20.1 Å². The fourth-order valence-electron chi connectivity index (χ4n) is 4.24. The lowest BCUT2D eigenvalue weighted by Gasteiger charge is -2.31. The molecule has 0 radical (unpaired) electrons. The number of para-hydroxylation sites is 1. The average molecular weight is 577 g/mol. The third-order valence-corrected chi connectivity index (χ3v) is 7.58. The maximum atomic E-state index is 13.1. The minimum Gasteiger partial charge on any atom is -0.491 e. The van der Waals surface area contributed by atoms with Gasteiger partial charge in [-0.2, -0.15) is 5.26 Å². The lowest BCUT2D eigenvalue weighted by atomic mass is 9.78. The van der Waals surface area contributed by atoms with Crippen molar-refractivity contribution in [2.75, 3.05) is 24.8 Å². The topological polar surface area (TPSA) is 118 Å². The van der Waals surface area contributed by atoms with Crippen LogP contribution in [0.2, 0.25) is 10.0 Å². The summed E-state index contributed by atoms with van der Waals surface area (Å²) in [6.07, 6.45) is 0.744. The lowest BCUT2D eigenvalue weighted by molar-refractivity contribution is -0.150. The van der Waals surface area contributed by atoms with Crippen LogP contribution in [0.5, 0.6) is 5.75 Å². The summed E-state index contributed by atoms with van der Waals surface area (Å²) in [4.78, 5) is 38.6. The Morgan fingerprint density at radius 1 is 1.21 bits per heavy atom. The molecule has 1 aliphatic rings. The van der Waals surface area contributed by atoms with Crippen molar-refractivity contribution < 1.29 is 23.9 Å². The number of hydrogen-bond donors (Lipinski definition) is 2. The van der Waals surface area contributed by atoms with E-state index in [-0.39, 0.29) is 38.1 Å². The smallest absolute Gasteiger partial charge is 0.319 e. The molecule has 0 unspecified atom stereocenters. The van der Waals surface area contributed by atoms with Crippen LogP contribution in [0.3, 0.4) is 0 Å². The first-order valence-electron chi connectivity index (χ1n) is 11.8. The number of amides is 2. The minimum atomic E-state index is -1.36. The molecule has 2 aromatic rings. The van der Waals surface area contributed by atoms with E-state index in [1.54, 1.807) is 6.92 Å². The number of nitrogens with zero attached hydrogens (tertiary/aromatic N) is 1. The molecule has 1 heterocycles. The number of methoxy groups -OCH3 is 1. The summed E-state index contributed by atoms with van der Waals surface area (Å²) in [7, 11) is 1.16. The number of carbonyl (C=O) groups excluding carboxylic acids is 3. The van der Waals surface area contributed by atoms with Crippen LogP contribution in [0.15, 0.2) is 40.9 Å². The number of anilines is 1. The average Bonchev–Trinajstić information content (AvgIpc) is 2.89. The number of benzene rings is 2. The number of nitriles is 1. The Hall–Kier alpha value is -3.19. The SMILES string of the molecule is CCOc1c(Cl)cc([C@@H]2C(C#N)=C(SCC(=O)Nc3c(C)cccc3CC)NC(=O)[C@@H]2C(=O)OC)cc1Cl. The maximum absolute atomic E-state index is 13.1. The molecular weight excluding hydrogens is 549 g/mol. The molecule has 2 amide bonds. The van der Waals surface area contributed by atoms with Gasteiger partial charge in [0.2, 0.25) is 11.8 Å². The zero-order valence-electron chi connectivity index (χ0n) is 21.3. The summed E-state index contributed by atoms with van der Waals surface area (Å²) in [5.74, 6) is -4.04. The van der Waals surface area contributed by atoms with Crippen LogP contribution in [-0.4, -0.2) is 37.3 Å². The Labute approximate surface area is 235 Å². The second-order valence-electron chi connectivity index (χ2n) is 8.37. The number of rotatable bonds is 9. The first kappa shape index (κ1) is 29.4. The molecule has 200 valence electrons. The van der Waals surface area contributed by atoms with Crippen molar-refractivity contribution in [3.05, 3.63) is 67.7 Å². The van der Waals surface area contributed by atoms with Gasteiger partial charge in [0.1, 0.15) is 5.92 Å². The zero-order chi connectivity index (χ0) is 28.0. The van der Waals surface area contributed by atoms with E-state index in [4.69, 9.17) is 32.7 Å². The summed E-state index contributed by atoms with van der Waals surface area (Å²) in [6.45, 7) is 6.00. The highest BCUT2D eigenvalue weighted by Crippen LogP contribution is 2.44. The molecule has 3 rings (SSSR count). The van der Waals surface area contributed by atoms with Gasteiger partial charge in [0.15, 0.2) is 5.75 Å². The number of nitrogens with one attached hydrogen (secondary N) is 2. The Morgan fingerprint density at radius 3 is 2.47 bits per heavy atom. The molecule has 0 saturated heterocycles. The number of halogens is 2. The van der Waals surface area contributed by atoms with E-state index >= 15 is 0 Å². The Balaban J connectivity index is 1.98. The zero-order valence-corrected chi connectivity index (χ0v) is 23.6. The predicted octanol–water partition coefficient (Wildman–Crippen LogP) is 5.37. The number of ether oxygens (including phenoxy) is 2. The van der Waals surface area contributed by atoms with Crippen molar-refractivity contribution >= 4 is 58.4 Å². The molecule has 38 heavy (non-hydrogen) atoms. The van der Waals surface area contributed by atoms with Gasteiger partial charge in [-0.05, 0) is 49.1 Å². The van der Waals surface area contributed by atoms with E-state index in [0.717, 1.165) is 42.1 Å². The summed E-state index contributed by atoms with van der Waals surface area (Å²) >= 11 is 13.8. The number of carbonyl (C=O) groups is 3. The van der Waals surface area contributed by atoms with Crippen molar-refractivity contribution in [3.63, 3.8) is 0 Å². The summed E-state index contributed by atoms with van der Waals surface area (Å²) in [6, 6.07) is 10.9. The van der Waals surface area contributed by atoms with Crippen LogP contribution in [0.4, 0.5) is 5.69 Å². The van der Waals surface area contributed by atoms with E-state index < -0.39 is 23.7 Å². The highest BCUT2D eigenvalue weighted by atomic mass is 35.5. The number of allylic oxidation sites excluding steroid dienone is 1. The van der Waals surface area contributed by atoms with E-state index in [2.05, 4.69) is 16.7 Å². The van der Waals surface area contributed by atoms with Crippen molar-refractivity contribution in [2.24, 2.45) is 5.92 Å². The maximum Gasteiger partial charge on any atom is 0.319 e. The summed E-state index contributed by atoms with van der Waals surface area (Å²) in [5.41, 5.74) is 3.11. The lowest BCUT2D eigenvalue weighted by Crippen LogP contribution is -2.44. The van der Waals surface area contributed by atoms with Gasteiger partial charge in [0, 0.05) is 11.6 Å². The van der Waals surface area contributed by atoms with Crippen LogP contribution in [0, 0.1) is 24.2 Å². The molecule has 2 N–H and O–H groups in total. The Morgan fingerprint density at radius 2 is 1.89 bits per heavy atom. The van der Waals surface area contributed by atoms with E-state index in [0.29, 0.717) is 12.2 Å². The van der Waals surface area contributed by atoms with Gasteiger partial charge in [-0.25, -0.2) is 0 Å². The van der Waals surface area contributed by atoms with Crippen LogP contribution in [-0.2, 0) is 25.5 Å². The molecule has 11 heteroatoms. The van der Waals surface area contributed by atoms with Crippen molar-refractivity contribution in [3.8, 4) is 11.8 Å². The van der Waals surface area contributed by atoms with Gasteiger partial charge in [-0.15, -0.1) is 0 Å². The number of aryl methyl sites for hydroxylation is 2. The molecule has 8 nitrogen and oxygen atoms in total. The number of hydrogen-bond acceptors (Lipinski definition) is 7. The van der Waals surface area contributed by atoms with Gasteiger partial charge >= 0.3 is 5.97 Å². The molecule has 0 aromatic heterocycles. The summed E-state index contributed by atoms with van der Waals surface area (Å²) < 4.78 is 10.3. The molecule has 1 aliphatic heterocycles. The number of esters is 1. The number of thioether (sulfide) groups is 1. The van der Waals surface area contributed by atoms with Crippen molar-refractivity contribution in [1.82, 2.24) is 5.32 Å². The molecule has 0 spiro atoms. The second kappa shape index (κ2) is 13.1. The van der Waals surface area contributed by atoms with Gasteiger partial charge in [-0.1, -0.05) is 60.1 Å². The Kier molecular flexibility index (Phi) is 10.1. The molecule has 2 atom stereocenters.